The summed E-state index contributed by atoms with van der Waals surface area (Å²) in [5, 5.41) is 0. The zero-order valence-electron chi connectivity index (χ0n) is 16.0. The van der Waals surface area contributed by atoms with Gasteiger partial charge in [0, 0.05) is 12.3 Å². The summed E-state index contributed by atoms with van der Waals surface area (Å²) in [6.07, 6.45) is -4.00. The van der Waals surface area contributed by atoms with Gasteiger partial charge in [-0.05, 0) is 48.0 Å². The van der Waals surface area contributed by atoms with Gasteiger partial charge in [-0.1, -0.05) is 6.07 Å². The standard InChI is InChI=1S/C20H14F6N2O3S/c21-14-2-7-18(17(22)9-14)31-16-5-3-15(4-6-16)28(32(29,30)12-20(24,25)26)11-13-1-8-19(23)27-10-13/h1-10H,11-12H2. The predicted molar refractivity (Wildman–Crippen MR) is 103 cm³/mol. The quantitative estimate of drug-likeness (QED) is 0.348. The Labute approximate surface area is 178 Å². The second-order valence-electron chi connectivity index (χ2n) is 6.54. The third-order valence-electron chi connectivity index (χ3n) is 4.04. The highest BCUT2D eigenvalue weighted by molar-refractivity contribution is 7.92. The number of alkyl halides is 3. The average molecular weight is 476 g/mol. The van der Waals surface area contributed by atoms with Gasteiger partial charge < -0.3 is 4.74 Å². The zero-order valence-corrected chi connectivity index (χ0v) is 16.8. The van der Waals surface area contributed by atoms with Crippen molar-refractivity contribution in [1.29, 1.82) is 0 Å². The van der Waals surface area contributed by atoms with Gasteiger partial charge in [0.1, 0.15) is 11.6 Å². The SMILES string of the molecule is O=S(=O)(CC(F)(F)F)N(Cc1ccc(F)nc1)c1ccc(Oc2ccc(F)cc2F)cc1. The van der Waals surface area contributed by atoms with E-state index in [9.17, 15) is 34.8 Å². The van der Waals surface area contributed by atoms with Crippen LogP contribution < -0.4 is 9.04 Å². The van der Waals surface area contributed by atoms with Crippen molar-refractivity contribution in [3.05, 3.63) is 83.9 Å². The Bertz CT molecular complexity index is 1180. The minimum absolute atomic E-state index is 0.0240. The van der Waals surface area contributed by atoms with Crippen LogP contribution in [0.4, 0.5) is 32.0 Å². The minimum atomic E-state index is -5.00. The van der Waals surface area contributed by atoms with Crippen molar-refractivity contribution in [2.75, 3.05) is 10.1 Å². The summed E-state index contributed by atoms with van der Waals surface area (Å²) >= 11 is 0. The van der Waals surface area contributed by atoms with Crippen LogP contribution >= 0.6 is 0 Å². The predicted octanol–water partition coefficient (Wildman–Crippen LogP) is 5.19. The summed E-state index contributed by atoms with van der Waals surface area (Å²) < 4.78 is 109. The Hall–Kier alpha value is -3.28. The molecule has 0 aliphatic carbocycles. The molecule has 1 aromatic heterocycles. The maximum Gasteiger partial charge on any atom is 0.404 e. The first-order valence-electron chi connectivity index (χ1n) is 8.83. The van der Waals surface area contributed by atoms with Crippen molar-refractivity contribution < 1.29 is 39.5 Å². The van der Waals surface area contributed by atoms with Gasteiger partial charge in [-0.2, -0.15) is 17.6 Å². The summed E-state index contributed by atoms with van der Waals surface area (Å²) in [6.45, 7) is -0.543. The Balaban J connectivity index is 1.90. The van der Waals surface area contributed by atoms with Gasteiger partial charge >= 0.3 is 6.18 Å². The first-order chi connectivity index (χ1) is 14.9. The summed E-state index contributed by atoms with van der Waals surface area (Å²) in [5.74, 6) is -5.03. The van der Waals surface area contributed by atoms with Crippen LogP contribution in [-0.2, 0) is 16.6 Å². The van der Waals surface area contributed by atoms with E-state index in [0.717, 1.165) is 36.5 Å². The van der Waals surface area contributed by atoms with Crippen LogP contribution in [0.1, 0.15) is 5.56 Å². The fourth-order valence-corrected chi connectivity index (χ4v) is 4.02. The van der Waals surface area contributed by atoms with E-state index in [1.807, 2.05) is 0 Å². The van der Waals surface area contributed by atoms with E-state index in [-0.39, 0.29) is 22.7 Å². The molecule has 0 saturated heterocycles. The number of anilines is 1. The number of ether oxygens (including phenoxy) is 1. The Morgan fingerprint density at radius 1 is 0.938 bits per heavy atom. The molecule has 5 nitrogen and oxygen atoms in total. The molecule has 0 radical (unpaired) electrons. The van der Waals surface area contributed by atoms with Gasteiger partial charge in [0.05, 0.1) is 12.2 Å². The van der Waals surface area contributed by atoms with Gasteiger partial charge in [-0.15, -0.1) is 0 Å². The summed E-state index contributed by atoms with van der Waals surface area (Å²) in [7, 11) is -4.88. The maximum absolute atomic E-state index is 13.7. The smallest absolute Gasteiger partial charge is 0.404 e. The number of halogens is 6. The highest BCUT2D eigenvalue weighted by Gasteiger charge is 2.38. The molecule has 0 fully saturated rings. The average Bonchev–Trinajstić information content (AvgIpc) is 2.68. The van der Waals surface area contributed by atoms with Gasteiger partial charge in [-0.3, -0.25) is 4.31 Å². The minimum Gasteiger partial charge on any atom is -0.454 e. The number of nitrogens with zero attached hydrogens (tertiary/aromatic N) is 2. The molecule has 170 valence electrons. The summed E-state index contributed by atoms with van der Waals surface area (Å²) in [5.41, 5.74) is -0.00337. The zero-order chi connectivity index (χ0) is 23.5. The van der Waals surface area contributed by atoms with Crippen LogP contribution in [0.25, 0.3) is 0 Å². The topological polar surface area (TPSA) is 59.5 Å². The van der Waals surface area contributed by atoms with Gasteiger partial charge in [0.25, 0.3) is 0 Å². The molecule has 2 aromatic carbocycles. The van der Waals surface area contributed by atoms with Gasteiger partial charge in [-0.25, -0.2) is 22.2 Å². The maximum atomic E-state index is 13.7. The lowest BCUT2D eigenvalue weighted by atomic mass is 10.2. The van der Waals surface area contributed by atoms with Crippen LogP contribution in [-0.4, -0.2) is 25.3 Å². The summed E-state index contributed by atoms with van der Waals surface area (Å²) in [4.78, 5) is 3.37. The van der Waals surface area contributed by atoms with Crippen LogP contribution in [0.2, 0.25) is 0 Å². The molecule has 0 unspecified atom stereocenters. The van der Waals surface area contributed by atoms with E-state index >= 15 is 0 Å². The van der Waals surface area contributed by atoms with Gasteiger partial charge in [0.2, 0.25) is 16.0 Å². The first-order valence-corrected chi connectivity index (χ1v) is 10.4. The highest BCUT2D eigenvalue weighted by Crippen LogP contribution is 2.30. The number of hydrogen-bond donors (Lipinski definition) is 0. The Morgan fingerprint density at radius 3 is 2.19 bits per heavy atom. The molecule has 32 heavy (non-hydrogen) atoms. The van der Waals surface area contributed by atoms with E-state index in [0.29, 0.717) is 10.4 Å². The van der Waals surface area contributed by atoms with E-state index in [1.165, 1.54) is 18.2 Å². The number of rotatable bonds is 7. The fraction of sp³-hybridized carbons (Fsp3) is 0.150. The molecule has 0 atom stereocenters. The second kappa shape index (κ2) is 9.07. The Morgan fingerprint density at radius 2 is 1.62 bits per heavy atom. The van der Waals surface area contributed by atoms with Crippen LogP contribution in [0.5, 0.6) is 11.5 Å². The number of sulfonamides is 1. The lowest BCUT2D eigenvalue weighted by molar-refractivity contribution is -0.106. The molecule has 0 bridgehead atoms. The lowest BCUT2D eigenvalue weighted by Gasteiger charge is -2.25. The van der Waals surface area contributed by atoms with E-state index in [4.69, 9.17) is 4.74 Å². The van der Waals surface area contributed by atoms with Crippen molar-refractivity contribution in [3.63, 3.8) is 0 Å². The molecular formula is C20H14F6N2O3S. The van der Waals surface area contributed by atoms with E-state index < -0.39 is 46.1 Å². The van der Waals surface area contributed by atoms with Crippen molar-refractivity contribution in [3.8, 4) is 11.5 Å². The van der Waals surface area contributed by atoms with Crippen molar-refractivity contribution in [1.82, 2.24) is 4.98 Å². The molecule has 3 rings (SSSR count). The lowest BCUT2D eigenvalue weighted by Crippen LogP contribution is -2.37. The molecule has 0 amide bonds. The molecular weight excluding hydrogens is 462 g/mol. The fourth-order valence-electron chi connectivity index (χ4n) is 2.67. The highest BCUT2D eigenvalue weighted by atomic mass is 32.2. The van der Waals surface area contributed by atoms with Crippen LogP contribution in [0.15, 0.2) is 60.8 Å². The first kappa shape index (κ1) is 23.4. The van der Waals surface area contributed by atoms with Crippen LogP contribution in [0, 0.1) is 17.6 Å². The molecule has 0 aliphatic heterocycles. The molecule has 1 heterocycles. The number of pyridine rings is 1. The van der Waals surface area contributed by atoms with Crippen molar-refractivity contribution >= 4 is 15.7 Å². The normalized spacial score (nSPS) is 11.9. The van der Waals surface area contributed by atoms with E-state index in [1.54, 1.807) is 0 Å². The molecule has 0 N–H and O–H groups in total. The number of aromatic nitrogens is 1. The molecule has 0 aliphatic rings. The molecule has 12 heteroatoms. The second-order valence-corrected chi connectivity index (χ2v) is 8.43. The van der Waals surface area contributed by atoms with Crippen LogP contribution in [0.3, 0.4) is 0 Å². The molecule has 3 aromatic rings. The number of hydrogen-bond acceptors (Lipinski definition) is 4. The van der Waals surface area contributed by atoms with Gasteiger partial charge in [0.15, 0.2) is 17.3 Å². The third-order valence-corrected chi connectivity index (χ3v) is 5.75. The monoisotopic (exact) mass is 476 g/mol. The third kappa shape index (κ3) is 6.13. The van der Waals surface area contributed by atoms with E-state index in [2.05, 4.69) is 4.98 Å². The Kier molecular flexibility index (Phi) is 6.63. The van der Waals surface area contributed by atoms with Crippen molar-refractivity contribution in [2.24, 2.45) is 0 Å². The summed E-state index contributed by atoms with van der Waals surface area (Å²) in [6, 6.07) is 9.46. The van der Waals surface area contributed by atoms with Crippen molar-refractivity contribution in [2.45, 2.75) is 12.7 Å². The number of benzene rings is 2. The largest absolute Gasteiger partial charge is 0.454 e. The molecule has 0 saturated carbocycles. The molecule has 0 spiro atoms.